The molecule has 17 heteroatoms. The number of rotatable bonds is 10. The van der Waals surface area contributed by atoms with Crippen molar-refractivity contribution < 1.29 is 71.7 Å². The van der Waals surface area contributed by atoms with Gasteiger partial charge in [0.1, 0.15) is 17.2 Å². The molecule has 1 atom stereocenters. The first-order valence-corrected chi connectivity index (χ1v) is 11.7. The average Bonchev–Trinajstić information content (AvgIpc) is 2.86. The predicted molar refractivity (Wildman–Crippen MR) is 124 cm³/mol. The number of aliphatic hydroxyl groups excluding tert-OH is 1. The van der Waals surface area contributed by atoms with Crippen LogP contribution >= 0.6 is 0 Å². The van der Waals surface area contributed by atoms with Crippen LogP contribution in [-0.4, -0.2) is 42.4 Å². The van der Waals surface area contributed by atoms with Crippen LogP contribution in [0.2, 0.25) is 0 Å². The minimum absolute atomic E-state index is 0.168. The van der Waals surface area contributed by atoms with E-state index >= 15 is 0 Å². The third kappa shape index (κ3) is 8.36. The first-order valence-electron chi connectivity index (χ1n) is 11.7. The molecule has 0 radical (unpaired) electrons. The van der Waals surface area contributed by atoms with Gasteiger partial charge in [-0.15, -0.1) is 13.2 Å². The van der Waals surface area contributed by atoms with Crippen molar-refractivity contribution >= 4 is 5.69 Å². The van der Waals surface area contributed by atoms with E-state index in [2.05, 4.69) is 4.74 Å². The molecule has 0 aliphatic rings. The van der Waals surface area contributed by atoms with Crippen molar-refractivity contribution in [3.8, 4) is 17.2 Å². The number of halogens is 13. The lowest BCUT2D eigenvalue weighted by Gasteiger charge is -2.30. The Morgan fingerprint density at radius 3 is 1.81 bits per heavy atom. The van der Waals surface area contributed by atoms with E-state index in [1.165, 1.54) is 18.2 Å². The maximum absolute atomic E-state index is 14.3. The molecule has 0 saturated carbocycles. The number of ether oxygens (including phenoxy) is 2. The molecule has 236 valence electrons. The summed E-state index contributed by atoms with van der Waals surface area (Å²) in [5.74, 6) is -13.3. The number of nitrogens with zero attached hydrogens (tertiary/aromatic N) is 1. The van der Waals surface area contributed by atoms with Gasteiger partial charge in [-0.2, -0.15) is 43.9 Å². The third-order valence-corrected chi connectivity index (χ3v) is 5.64. The highest BCUT2D eigenvalue weighted by atomic mass is 19.4. The molecule has 43 heavy (non-hydrogen) atoms. The Balaban J connectivity index is 1.95. The van der Waals surface area contributed by atoms with Gasteiger partial charge in [0.05, 0.1) is 6.54 Å². The van der Waals surface area contributed by atoms with Gasteiger partial charge in [0, 0.05) is 29.9 Å². The maximum Gasteiger partial charge on any atom is 0.573 e. The van der Waals surface area contributed by atoms with Crippen molar-refractivity contribution in [3.63, 3.8) is 0 Å². The normalized spacial score (nSPS) is 13.9. The quantitative estimate of drug-likeness (QED) is 0.226. The Kier molecular flexibility index (Phi) is 9.39. The van der Waals surface area contributed by atoms with Gasteiger partial charge in [-0.1, -0.05) is 30.3 Å². The summed E-state index contributed by atoms with van der Waals surface area (Å²) in [5, 5.41) is 9.66. The molecule has 0 fully saturated rings. The topological polar surface area (TPSA) is 41.9 Å². The molecule has 0 spiro atoms. The third-order valence-electron chi connectivity index (χ3n) is 5.64. The van der Waals surface area contributed by atoms with Crippen LogP contribution in [0.1, 0.15) is 11.1 Å². The fourth-order valence-corrected chi connectivity index (χ4v) is 3.63. The fourth-order valence-electron chi connectivity index (χ4n) is 3.63. The van der Waals surface area contributed by atoms with Gasteiger partial charge in [0.25, 0.3) is 0 Å². The molecule has 0 heterocycles. The molecule has 0 aliphatic carbocycles. The SMILES string of the molecule is O[C@H](CN(Cc1cccc(C(F)(F)C(F)(F)C(F)(F)F)c1)c1cccc(Oc2cccc(OC(F)(F)F)c2)c1)C(F)(F)F. The van der Waals surface area contributed by atoms with Gasteiger partial charge in [0.2, 0.25) is 0 Å². The molecule has 0 saturated heterocycles. The second kappa shape index (κ2) is 12.0. The molecule has 0 unspecified atom stereocenters. The molecular formula is C26H18F13NO3. The highest BCUT2D eigenvalue weighted by Crippen LogP contribution is 2.51. The number of benzene rings is 3. The van der Waals surface area contributed by atoms with E-state index in [1.54, 1.807) is 0 Å². The van der Waals surface area contributed by atoms with E-state index in [1.807, 2.05) is 0 Å². The van der Waals surface area contributed by atoms with Gasteiger partial charge in [-0.3, -0.25) is 0 Å². The molecule has 0 bridgehead atoms. The number of aliphatic hydroxyl groups is 1. The summed E-state index contributed by atoms with van der Waals surface area (Å²) >= 11 is 0. The number of anilines is 1. The largest absolute Gasteiger partial charge is 0.573 e. The average molecular weight is 639 g/mol. The minimum atomic E-state index is -6.63. The van der Waals surface area contributed by atoms with E-state index in [4.69, 9.17) is 4.74 Å². The van der Waals surface area contributed by atoms with Crippen molar-refractivity contribution in [1.29, 1.82) is 0 Å². The van der Waals surface area contributed by atoms with Crippen molar-refractivity contribution in [1.82, 2.24) is 0 Å². The Labute approximate surface area is 233 Å². The second-order valence-electron chi connectivity index (χ2n) is 8.91. The van der Waals surface area contributed by atoms with Crippen LogP contribution in [0.25, 0.3) is 0 Å². The van der Waals surface area contributed by atoms with Gasteiger partial charge in [0.15, 0.2) is 6.10 Å². The number of hydrogen-bond donors (Lipinski definition) is 1. The summed E-state index contributed by atoms with van der Waals surface area (Å²) in [5.41, 5.74) is -2.41. The zero-order valence-corrected chi connectivity index (χ0v) is 21.0. The lowest BCUT2D eigenvalue weighted by atomic mass is 9.99. The van der Waals surface area contributed by atoms with E-state index < -0.39 is 66.6 Å². The summed E-state index contributed by atoms with van der Waals surface area (Å²) in [6.45, 7) is -2.08. The van der Waals surface area contributed by atoms with Crippen LogP contribution in [-0.2, 0) is 12.5 Å². The van der Waals surface area contributed by atoms with Crippen LogP contribution < -0.4 is 14.4 Å². The fraction of sp³-hybridized carbons (Fsp3) is 0.308. The molecule has 3 aromatic rings. The Hall–Kier alpha value is -3.89. The van der Waals surface area contributed by atoms with Gasteiger partial charge < -0.3 is 19.5 Å². The first-order chi connectivity index (χ1) is 19.6. The molecule has 4 nitrogen and oxygen atoms in total. The zero-order valence-electron chi connectivity index (χ0n) is 21.0. The van der Waals surface area contributed by atoms with E-state index in [0.29, 0.717) is 6.07 Å². The molecule has 3 aromatic carbocycles. The van der Waals surface area contributed by atoms with Crippen molar-refractivity contribution in [2.75, 3.05) is 11.4 Å². The Morgan fingerprint density at radius 1 is 0.674 bits per heavy atom. The molecule has 3 rings (SSSR count). The van der Waals surface area contributed by atoms with E-state index in [-0.39, 0.29) is 29.3 Å². The summed E-state index contributed by atoms with van der Waals surface area (Å²) in [4.78, 5) is 0.743. The van der Waals surface area contributed by atoms with Gasteiger partial charge >= 0.3 is 30.6 Å². The maximum atomic E-state index is 14.3. The molecule has 0 aromatic heterocycles. The number of hydrogen-bond acceptors (Lipinski definition) is 4. The summed E-state index contributed by atoms with van der Waals surface area (Å²) < 4.78 is 180. The van der Waals surface area contributed by atoms with Crippen molar-refractivity contribution in [2.45, 2.75) is 43.2 Å². The number of alkyl halides is 13. The minimum Gasteiger partial charge on any atom is -0.457 e. The van der Waals surface area contributed by atoms with Crippen LogP contribution in [0.5, 0.6) is 17.2 Å². The lowest BCUT2D eigenvalue weighted by molar-refractivity contribution is -0.359. The van der Waals surface area contributed by atoms with Crippen molar-refractivity contribution in [3.05, 3.63) is 83.9 Å². The zero-order chi connectivity index (χ0) is 32.4. The molecule has 0 aliphatic heterocycles. The Bertz CT molecular complexity index is 1390. The molecular weight excluding hydrogens is 621 g/mol. The first kappa shape index (κ1) is 33.6. The van der Waals surface area contributed by atoms with E-state index in [0.717, 1.165) is 41.3 Å². The highest BCUT2D eigenvalue weighted by molar-refractivity contribution is 5.52. The molecule has 0 amide bonds. The van der Waals surface area contributed by atoms with Gasteiger partial charge in [-0.25, -0.2) is 0 Å². The lowest BCUT2D eigenvalue weighted by Crippen LogP contribution is -2.50. The van der Waals surface area contributed by atoms with Crippen molar-refractivity contribution in [2.24, 2.45) is 0 Å². The highest BCUT2D eigenvalue weighted by Gasteiger charge is 2.73. The summed E-state index contributed by atoms with van der Waals surface area (Å²) in [6.07, 6.45) is -19.9. The van der Waals surface area contributed by atoms with Crippen LogP contribution in [0.15, 0.2) is 72.8 Å². The monoisotopic (exact) mass is 639 g/mol. The van der Waals surface area contributed by atoms with E-state index in [9.17, 15) is 62.2 Å². The van der Waals surface area contributed by atoms with Crippen LogP contribution in [0.3, 0.4) is 0 Å². The summed E-state index contributed by atoms with van der Waals surface area (Å²) in [7, 11) is 0. The Morgan fingerprint density at radius 2 is 1.23 bits per heavy atom. The summed E-state index contributed by atoms with van der Waals surface area (Å²) in [6, 6.07) is 11.0. The second-order valence-corrected chi connectivity index (χ2v) is 8.91. The van der Waals surface area contributed by atoms with Crippen LogP contribution in [0.4, 0.5) is 62.8 Å². The molecule has 1 N–H and O–H groups in total. The standard InChI is InChI=1S/C26H18F13NO3/c27-22(28,24(32,33)25(34,35)36)16-5-1-4-15(10-16)13-40(14-21(41)23(29,30)31)17-6-2-7-18(11-17)42-19-8-3-9-20(12-19)43-26(37,38)39/h1-12,21,41H,13-14H2/t21-/m1/s1. The van der Waals surface area contributed by atoms with Crippen LogP contribution in [0, 0.1) is 0 Å². The smallest absolute Gasteiger partial charge is 0.457 e. The van der Waals surface area contributed by atoms with Gasteiger partial charge in [-0.05, 0) is 35.9 Å². The predicted octanol–water partition coefficient (Wildman–Crippen LogP) is 8.60.